The number of H-pyrrole nitrogens is 1. The Morgan fingerprint density at radius 1 is 1.13 bits per heavy atom. The van der Waals surface area contributed by atoms with Crippen molar-refractivity contribution in [3.8, 4) is 0 Å². The molecule has 2 aromatic rings. The van der Waals surface area contributed by atoms with Gasteiger partial charge in [-0.3, -0.25) is 5.10 Å². The number of esters is 2. The molecule has 0 bridgehead atoms. The van der Waals surface area contributed by atoms with Gasteiger partial charge in [0.25, 0.3) is 0 Å². The number of hydrogen-bond donors (Lipinski definition) is 1. The quantitative estimate of drug-likeness (QED) is 0.598. The average Bonchev–Trinajstić information content (AvgIpc) is 3.10. The van der Waals surface area contributed by atoms with Gasteiger partial charge in [0.1, 0.15) is 0 Å². The molecule has 0 fully saturated rings. The van der Waals surface area contributed by atoms with Crippen molar-refractivity contribution in [2.75, 3.05) is 13.7 Å². The fraction of sp³-hybridized carbons (Fsp3) is 0.353. The Kier molecular flexibility index (Phi) is 6.35. The molecule has 0 aliphatic carbocycles. The van der Waals surface area contributed by atoms with Crippen molar-refractivity contribution in [2.24, 2.45) is 0 Å². The molecule has 0 saturated heterocycles. The van der Waals surface area contributed by atoms with Crippen molar-refractivity contribution in [1.29, 1.82) is 0 Å². The van der Waals surface area contributed by atoms with Crippen molar-refractivity contribution in [3.63, 3.8) is 0 Å². The van der Waals surface area contributed by atoms with E-state index in [4.69, 9.17) is 4.74 Å². The van der Waals surface area contributed by atoms with Crippen LogP contribution in [0, 0.1) is 0 Å². The Labute approximate surface area is 136 Å². The summed E-state index contributed by atoms with van der Waals surface area (Å²) in [5.74, 6) is -0.902. The molecule has 0 atom stereocenters. The van der Waals surface area contributed by atoms with Crippen LogP contribution in [-0.4, -0.2) is 35.9 Å². The van der Waals surface area contributed by atoms with E-state index >= 15 is 0 Å². The number of hydrogen-bond acceptors (Lipinski definition) is 5. The number of aryl methyl sites for hydroxylation is 1. The van der Waals surface area contributed by atoms with Gasteiger partial charge in [-0.1, -0.05) is 6.07 Å². The SMILES string of the molecule is COC(=O)c1cccc(C(=O)OCCCCCc2cc[nH]n2)c1.[H+]. The number of carbonyl (C=O) groups excluding carboxylic acids is 2. The Bertz CT molecular complexity index is 644. The molecule has 23 heavy (non-hydrogen) atoms. The number of nitrogens with one attached hydrogen (secondary N) is 1. The van der Waals surface area contributed by atoms with E-state index in [1.165, 1.54) is 13.2 Å². The van der Waals surface area contributed by atoms with Crippen molar-refractivity contribution in [2.45, 2.75) is 25.7 Å². The van der Waals surface area contributed by atoms with Gasteiger partial charge < -0.3 is 9.47 Å². The number of benzene rings is 1. The van der Waals surface area contributed by atoms with Crippen LogP contribution in [0.25, 0.3) is 0 Å². The van der Waals surface area contributed by atoms with Crippen molar-refractivity contribution < 1.29 is 20.5 Å². The topological polar surface area (TPSA) is 81.3 Å². The van der Waals surface area contributed by atoms with Gasteiger partial charge in [-0.15, -0.1) is 0 Å². The van der Waals surface area contributed by atoms with Crippen LogP contribution in [0.2, 0.25) is 0 Å². The van der Waals surface area contributed by atoms with Gasteiger partial charge in [-0.05, 0) is 49.9 Å². The maximum Gasteiger partial charge on any atom is 1.00 e. The van der Waals surface area contributed by atoms with Gasteiger partial charge in [0.2, 0.25) is 0 Å². The van der Waals surface area contributed by atoms with Crippen LogP contribution in [0.5, 0.6) is 0 Å². The summed E-state index contributed by atoms with van der Waals surface area (Å²) < 4.78 is 9.85. The minimum absolute atomic E-state index is 0. The standard InChI is InChI=1S/C17H20N2O4/c1-22-16(20)13-6-5-7-14(12-13)17(21)23-11-4-2-3-8-15-9-10-18-19-15/h5-7,9-10,12H,2-4,8,11H2,1H3,(H,18,19)/p+1. The highest BCUT2D eigenvalue weighted by atomic mass is 16.5. The first-order valence-electron chi connectivity index (χ1n) is 7.55. The molecule has 1 heterocycles. The highest BCUT2D eigenvalue weighted by Gasteiger charge is 2.11. The van der Waals surface area contributed by atoms with Gasteiger partial charge in [0, 0.05) is 6.20 Å². The van der Waals surface area contributed by atoms with Crippen molar-refractivity contribution in [3.05, 3.63) is 53.3 Å². The summed E-state index contributed by atoms with van der Waals surface area (Å²) in [7, 11) is 1.30. The van der Waals surface area contributed by atoms with Gasteiger partial charge in [-0.2, -0.15) is 5.10 Å². The lowest BCUT2D eigenvalue weighted by molar-refractivity contribution is 0.0498. The number of aromatic amines is 1. The second-order valence-electron chi connectivity index (χ2n) is 5.08. The molecule has 0 saturated carbocycles. The van der Waals surface area contributed by atoms with E-state index in [2.05, 4.69) is 14.9 Å². The number of ether oxygens (including phenoxy) is 2. The molecule has 1 aromatic carbocycles. The van der Waals surface area contributed by atoms with Gasteiger partial charge >= 0.3 is 13.4 Å². The smallest absolute Gasteiger partial charge is 0.465 e. The Morgan fingerprint density at radius 3 is 2.61 bits per heavy atom. The van der Waals surface area contributed by atoms with E-state index in [1.807, 2.05) is 6.07 Å². The molecular formula is C17H21N2O4+. The normalized spacial score (nSPS) is 10.3. The van der Waals surface area contributed by atoms with Crippen molar-refractivity contribution >= 4 is 11.9 Å². The first kappa shape index (κ1) is 16.7. The van der Waals surface area contributed by atoms with Gasteiger partial charge in [0.05, 0.1) is 30.5 Å². The van der Waals surface area contributed by atoms with Crippen LogP contribution in [0.4, 0.5) is 0 Å². The van der Waals surface area contributed by atoms with Crippen LogP contribution in [0.1, 0.15) is 47.1 Å². The molecule has 0 aliphatic heterocycles. The highest BCUT2D eigenvalue weighted by molar-refractivity contribution is 5.95. The van der Waals surface area contributed by atoms with E-state index in [1.54, 1.807) is 24.4 Å². The lowest BCUT2D eigenvalue weighted by atomic mass is 10.1. The minimum atomic E-state index is -0.474. The maximum absolute atomic E-state index is 11.9. The number of aromatic nitrogens is 2. The third-order valence-electron chi connectivity index (χ3n) is 3.39. The number of carbonyl (C=O) groups is 2. The predicted molar refractivity (Wildman–Crippen MR) is 85.3 cm³/mol. The molecule has 0 unspecified atom stereocenters. The van der Waals surface area contributed by atoms with E-state index < -0.39 is 11.9 Å². The number of nitrogens with zero attached hydrogens (tertiary/aromatic N) is 1. The summed E-state index contributed by atoms with van der Waals surface area (Å²) in [6, 6.07) is 8.27. The zero-order valence-corrected chi connectivity index (χ0v) is 13.1. The van der Waals surface area contributed by atoms with Crippen LogP contribution in [0.15, 0.2) is 36.5 Å². The second kappa shape index (κ2) is 8.73. The average molecular weight is 317 g/mol. The van der Waals surface area contributed by atoms with Gasteiger partial charge in [-0.25, -0.2) is 9.59 Å². The zero-order valence-electron chi connectivity index (χ0n) is 14.1. The lowest BCUT2D eigenvalue weighted by Gasteiger charge is -2.06. The molecule has 0 spiro atoms. The molecule has 1 N–H and O–H groups in total. The summed E-state index contributed by atoms with van der Waals surface area (Å²) in [6.45, 7) is 0.363. The summed E-state index contributed by atoms with van der Waals surface area (Å²) in [5.41, 5.74) is 1.73. The molecule has 122 valence electrons. The largest absolute Gasteiger partial charge is 1.00 e. The number of unbranched alkanes of at least 4 members (excludes halogenated alkanes) is 2. The fourth-order valence-corrected chi connectivity index (χ4v) is 2.15. The molecule has 2 rings (SSSR count). The van der Waals surface area contributed by atoms with Crippen molar-refractivity contribution in [1.82, 2.24) is 10.2 Å². The molecular weight excluding hydrogens is 296 g/mol. The van der Waals surface area contributed by atoms with E-state index in [0.717, 1.165) is 31.4 Å². The van der Waals surface area contributed by atoms with Crippen LogP contribution < -0.4 is 0 Å². The van der Waals surface area contributed by atoms with Crippen LogP contribution in [0.3, 0.4) is 0 Å². The first-order chi connectivity index (χ1) is 11.2. The molecule has 0 radical (unpaired) electrons. The number of rotatable bonds is 8. The maximum atomic E-state index is 11.9. The fourth-order valence-electron chi connectivity index (χ4n) is 2.15. The summed E-state index contributed by atoms with van der Waals surface area (Å²) in [5, 5.41) is 6.86. The molecule has 0 amide bonds. The first-order valence-corrected chi connectivity index (χ1v) is 7.55. The monoisotopic (exact) mass is 317 g/mol. The summed E-state index contributed by atoms with van der Waals surface area (Å²) in [6.07, 6.45) is 5.48. The molecule has 6 heteroatoms. The van der Waals surface area contributed by atoms with Gasteiger partial charge in [0.15, 0.2) is 0 Å². The van der Waals surface area contributed by atoms with E-state index in [0.29, 0.717) is 17.7 Å². The molecule has 1 aromatic heterocycles. The summed E-state index contributed by atoms with van der Waals surface area (Å²) in [4.78, 5) is 23.4. The third-order valence-corrected chi connectivity index (χ3v) is 3.39. The summed E-state index contributed by atoms with van der Waals surface area (Å²) >= 11 is 0. The molecule has 0 aliphatic rings. The zero-order chi connectivity index (χ0) is 16.5. The lowest BCUT2D eigenvalue weighted by Crippen LogP contribution is -2.08. The van der Waals surface area contributed by atoms with E-state index in [-0.39, 0.29) is 1.43 Å². The Morgan fingerprint density at radius 2 is 1.91 bits per heavy atom. The van der Waals surface area contributed by atoms with E-state index in [9.17, 15) is 9.59 Å². The van der Waals surface area contributed by atoms with Crippen LogP contribution in [-0.2, 0) is 15.9 Å². The molecule has 6 nitrogen and oxygen atoms in total. The Hall–Kier alpha value is -2.63. The third kappa shape index (κ3) is 5.25. The minimum Gasteiger partial charge on any atom is -0.465 e. The van der Waals surface area contributed by atoms with Crippen LogP contribution >= 0.6 is 0 Å². The second-order valence-corrected chi connectivity index (χ2v) is 5.08. The highest BCUT2D eigenvalue weighted by Crippen LogP contribution is 2.09. The predicted octanol–water partition coefficient (Wildman–Crippen LogP) is 2.88. The number of methoxy groups -OCH3 is 1. The Balaban J connectivity index is 0.00000288.